The van der Waals surface area contributed by atoms with E-state index in [2.05, 4.69) is 20.8 Å². The number of rotatable bonds is 5. The number of nitrogens with two attached hydrogens (primary N) is 1. The van der Waals surface area contributed by atoms with Gasteiger partial charge in [-0.2, -0.15) is 0 Å². The number of benzene rings is 1. The van der Waals surface area contributed by atoms with Gasteiger partial charge in [-0.25, -0.2) is 0 Å². The van der Waals surface area contributed by atoms with Crippen LogP contribution in [0, 0.1) is 16.0 Å². The van der Waals surface area contributed by atoms with Crippen molar-refractivity contribution in [1.29, 1.82) is 0 Å². The second kappa shape index (κ2) is 7.22. The SMILES string of the molecule is CCN(c1cc(Br)ccc1[N+](=O)[O-])C1CCCCC1CN. The maximum absolute atomic E-state index is 11.3. The van der Waals surface area contributed by atoms with Crippen molar-refractivity contribution in [2.45, 2.75) is 38.6 Å². The van der Waals surface area contributed by atoms with Gasteiger partial charge < -0.3 is 10.6 Å². The monoisotopic (exact) mass is 355 g/mol. The van der Waals surface area contributed by atoms with E-state index < -0.39 is 0 Å². The highest BCUT2D eigenvalue weighted by molar-refractivity contribution is 9.10. The molecule has 0 amide bonds. The zero-order valence-corrected chi connectivity index (χ0v) is 13.9. The molecular weight excluding hydrogens is 334 g/mol. The minimum absolute atomic E-state index is 0.168. The van der Waals surface area contributed by atoms with E-state index in [0.29, 0.717) is 24.2 Å². The predicted octanol–water partition coefficient (Wildman–Crippen LogP) is 3.70. The van der Waals surface area contributed by atoms with E-state index in [1.54, 1.807) is 12.1 Å². The first kappa shape index (κ1) is 16.2. The summed E-state index contributed by atoms with van der Waals surface area (Å²) in [7, 11) is 0. The molecule has 0 saturated heterocycles. The van der Waals surface area contributed by atoms with Crippen LogP contribution in [-0.2, 0) is 0 Å². The molecule has 0 heterocycles. The van der Waals surface area contributed by atoms with Crippen LogP contribution in [0.4, 0.5) is 11.4 Å². The molecule has 1 saturated carbocycles. The van der Waals surface area contributed by atoms with Crippen molar-refractivity contribution in [1.82, 2.24) is 0 Å². The molecule has 2 rings (SSSR count). The van der Waals surface area contributed by atoms with Crippen LogP contribution in [0.25, 0.3) is 0 Å². The highest BCUT2D eigenvalue weighted by atomic mass is 79.9. The number of nitro benzene ring substituents is 1. The van der Waals surface area contributed by atoms with E-state index >= 15 is 0 Å². The van der Waals surface area contributed by atoms with Gasteiger partial charge in [-0.05, 0) is 44.4 Å². The van der Waals surface area contributed by atoms with Crippen molar-refractivity contribution in [3.63, 3.8) is 0 Å². The number of nitro groups is 1. The Labute approximate surface area is 133 Å². The minimum Gasteiger partial charge on any atom is -0.363 e. The van der Waals surface area contributed by atoms with Crippen LogP contribution < -0.4 is 10.6 Å². The molecule has 0 bridgehead atoms. The Bertz CT molecular complexity index is 510. The minimum atomic E-state index is -0.301. The summed E-state index contributed by atoms with van der Waals surface area (Å²) in [5.74, 6) is 0.414. The summed E-state index contributed by atoms with van der Waals surface area (Å²) >= 11 is 3.43. The number of anilines is 1. The Morgan fingerprint density at radius 1 is 1.43 bits per heavy atom. The lowest BCUT2D eigenvalue weighted by Crippen LogP contribution is -2.45. The van der Waals surface area contributed by atoms with Gasteiger partial charge in [-0.3, -0.25) is 10.1 Å². The van der Waals surface area contributed by atoms with Crippen LogP contribution in [0.5, 0.6) is 0 Å². The van der Waals surface area contributed by atoms with Crippen molar-refractivity contribution in [3.05, 3.63) is 32.8 Å². The number of hydrogen-bond acceptors (Lipinski definition) is 4. The van der Waals surface area contributed by atoms with Gasteiger partial charge in [0, 0.05) is 23.1 Å². The Balaban J connectivity index is 2.40. The lowest BCUT2D eigenvalue weighted by molar-refractivity contribution is -0.384. The molecule has 0 aliphatic heterocycles. The molecule has 5 nitrogen and oxygen atoms in total. The van der Waals surface area contributed by atoms with Crippen molar-refractivity contribution >= 4 is 27.3 Å². The van der Waals surface area contributed by atoms with Crippen LogP contribution in [-0.4, -0.2) is 24.1 Å². The van der Waals surface area contributed by atoms with E-state index in [-0.39, 0.29) is 10.6 Å². The zero-order chi connectivity index (χ0) is 15.4. The van der Waals surface area contributed by atoms with Crippen LogP contribution in [0.2, 0.25) is 0 Å². The molecule has 21 heavy (non-hydrogen) atoms. The molecule has 0 aromatic heterocycles. The first-order chi connectivity index (χ1) is 10.1. The molecule has 1 aliphatic rings. The topological polar surface area (TPSA) is 72.4 Å². The fraction of sp³-hybridized carbons (Fsp3) is 0.600. The van der Waals surface area contributed by atoms with Crippen molar-refractivity contribution in [2.75, 3.05) is 18.0 Å². The molecule has 1 aromatic carbocycles. The van der Waals surface area contributed by atoms with Crippen molar-refractivity contribution < 1.29 is 4.92 Å². The zero-order valence-electron chi connectivity index (χ0n) is 12.3. The normalized spacial score (nSPS) is 22.0. The number of halogens is 1. The summed E-state index contributed by atoms with van der Waals surface area (Å²) < 4.78 is 0.863. The summed E-state index contributed by atoms with van der Waals surface area (Å²) in [5, 5.41) is 11.3. The molecule has 116 valence electrons. The maximum atomic E-state index is 11.3. The number of hydrogen-bond donors (Lipinski definition) is 1. The molecule has 2 atom stereocenters. The molecule has 1 aliphatic carbocycles. The van der Waals surface area contributed by atoms with E-state index in [4.69, 9.17) is 5.73 Å². The Hall–Kier alpha value is -1.14. The van der Waals surface area contributed by atoms with Gasteiger partial charge in [0.1, 0.15) is 5.69 Å². The number of nitrogens with zero attached hydrogens (tertiary/aromatic N) is 2. The largest absolute Gasteiger partial charge is 0.363 e. The average Bonchev–Trinajstić information content (AvgIpc) is 2.48. The Morgan fingerprint density at radius 2 is 2.14 bits per heavy atom. The van der Waals surface area contributed by atoms with Crippen LogP contribution in [0.15, 0.2) is 22.7 Å². The third-order valence-corrected chi connectivity index (χ3v) is 4.85. The van der Waals surface area contributed by atoms with Gasteiger partial charge in [0.2, 0.25) is 0 Å². The third kappa shape index (κ3) is 3.55. The van der Waals surface area contributed by atoms with Gasteiger partial charge in [0.15, 0.2) is 0 Å². The van der Waals surface area contributed by atoms with Gasteiger partial charge in [-0.15, -0.1) is 0 Å². The molecule has 1 fully saturated rings. The average molecular weight is 356 g/mol. The smallest absolute Gasteiger partial charge is 0.292 e. The Morgan fingerprint density at radius 3 is 2.76 bits per heavy atom. The van der Waals surface area contributed by atoms with Gasteiger partial charge in [0.05, 0.1) is 4.92 Å². The van der Waals surface area contributed by atoms with Crippen molar-refractivity contribution in [2.24, 2.45) is 11.7 Å². The van der Waals surface area contributed by atoms with E-state index in [9.17, 15) is 10.1 Å². The second-order valence-electron chi connectivity index (χ2n) is 5.52. The molecule has 2 unspecified atom stereocenters. The lowest BCUT2D eigenvalue weighted by atomic mass is 9.83. The summed E-state index contributed by atoms with van der Waals surface area (Å²) in [6.07, 6.45) is 4.54. The van der Waals surface area contributed by atoms with Crippen LogP contribution >= 0.6 is 15.9 Å². The van der Waals surface area contributed by atoms with E-state index in [0.717, 1.165) is 23.9 Å². The molecule has 0 spiro atoms. The quantitative estimate of drug-likeness (QED) is 0.645. The fourth-order valence-electron chi connectivity index (χ4n) is 3.34. The summed E-state index contributed by atoms with van der Waals surface area (Å²) in [6, 6.07) is 5.44. The van der Waals surface area contributed by atoms with Gasteiger partial charge in [0.25, 0.3) is 5.69 Å². The summed E-state index contributed by atoms with van der Waals surface area (Å²) in [4.78, 5) is 13.2. The molecule has 0 radical (unpaired) electrons. The molecule has 6 heteroatoms. The first-order valence-corrected chi connectivity index (χ1v) is 8.28. The summed E-state index contributed by atoms with van der Waals surface area (Å²) in [6.45, 7) is 3.44. The summed E-state index contributed by atoms with van der Waals surface area (Å²) in [5.41, 5.74) is 6.79. The standard InChI is InChI=1S/C15H22BrN3O2/c1-2-18(13-6-4-3-5-11(13)10-17)15-9-12(16)7-8-14(15)19(20)21/h7-9,11,13H,2-6,10,17H2,1H3. The predicted molar refractivity (Wildman–Crippen MR) is 88.6 cm³/mol. The first-order valence-electron chi connectivity index (χ1n) is 7.49. The third-order valence-electron chi connectivity index (χ3n) is 4.36. The fourth-order valence-corrected chi connectivity index (χ4v) is 3.69. The Kier molecular flexibility index (Phi) is 5.58. The molecular formula is C15H22BrN3O2. The highest BCUT2D eigenvalue weighted by Crippen LogP contribution is 2.37. The van der Waals surface area contributed by atoms with Crippen LogP contribution in [0.1, 0.15) is 32.6 Å². The van der Waals surface area contributed by atoms with Crippen LogP contribution in [0.3, 0.4) is 0 Å². The lowest BCUT2D eigenvalue weighted by Gasteiger charge is -2.40. The van der Waals surface area contributed by atoms with Gasteiger partial charge in [-0.1, -0.05) is 28.8 Å². The maximum Gasteiger partial charge on any atom is 0.292 e. The van der Waals surface area contributed by atoms with Crippen molar-refractivity contribution in [3.8, 4) is 0 Å². The highest BCUT2D eigenvalue weighted by Gasteiger charge is 2.31. The van der Waals surface area contributed by atoms with E-state index in [1.807, 2.05) is 13.0 Å². The van der Waals surface area contributed by atoms with Gasteiger partial charge >= 0.3 is 0 Å². The molecule has 1 aromatic rings. The second-order valence-corrected chi connectivity index (χ2v) is 6.44. The van der Waals surface area contributed by atoms with E-state index in [1.165, 1.54) is 12.8 Å². The molecule has 2 N–H and O–H groups in total.